The molecule has 3 aromatic carbocycles. The van der Waals surface area contributed by atoms with Crippen LogP contribution in [0.15, 0.2) is 91.8 Å². The molecule has 6 saturated heterocycles. The van der Waals surface area contributed by atoms with Crippen molar-refractivity contribution in [2.75, 3.05) is 93.2 Å². The van der Waals surface area contributed by atoms with E-state index in [0.29, 0.717) is 31.6 Å². The number of fused-ring (bicyclic) bond motifs is 6. The van der Waals surface area contributed by atoms with Gasteiger partial charge in [-0.1, -0.05) is 18.2 Å². The summed E-state index contributed by atoms with van der Waals surface area (Å²) in [4.78, 5) is 52.5. The number of H-pyrrole nitrogens is 3. The Hall–Kier alpha value is -9.48. The zero-order valence-electron chi connectivity index (χ0n) is 59.5. The van der Waals surface area contributed by atoms with Gasteiger partial charge in [-0.05, 0) is 167 Å². The van der Waals surface area contributed by atoms with Crippen LogP contribution >= 0.6 is 34.0 Å². The molecule has 3 spiro atoms. The molecule has 6 aliphatic rings. The van der Waals surface area contributed by atoms with E-state index in [2.05, 4.69) is 150 Å². The summed E-state index contributed by atoms with van der Waals surface area (Å²) in [5, 5.41) is 33.1. The Labute approximate surface area is 627 Å². The Kier molecular flexibility index (Phi) is 19.0. The number of nitrogens with one attached hydrogen (secondary N) is 3. The number of aromatic nitrogens is 9. The van der Waals surface area contributed by atoms with Crippen LogP contribution in [0.4, 0.5) is 57.0 Å². The first-order valence-electron chi connectivity index (χ1n) is 36.0. The van der Waals surface area contributed by atoms with Crippen molar-refractivity contribution in [3.05, 3.63) is 157 Å². The Bertz CT molecular complexity index is 5040. The number of alkyl halides is 9. The lowest BCUT2D eigenvalue weighted by molar-refractivity contribution is -0.127. The number of thiophene rings is 3. The molecule has 0 radical (unpaired) electrons. The first-order chi connectivity index (χ1) is 51.7. The van der Waals surface area contributed by atoms with E-state index in [9.17, 15) is 55.3 Å². The van der Waals surface area contributed by atoms with Crippen LogP contribution in [0.2, 0.25) is 0 Å². The lowest BCUT2D eigenvalue weighted by Crippen LogP contribution is -2.31. The summed E-state index contributed by atoms with van der Waals surface area (Å²) < 4.78 is 116. The van der Waals surface area contributed by atoms with Crippen LogP contribution in [-0.4, -0.2) is 157 Å². The maximum Gasteiger partial charge on any atom is 0.393 e. The summed E-state index contributed by atoms with van der Waals surface area (Å²) in [7, 11) is 0. The van der Waals surface area contributed by atoms with Crippen molar-refractivity contribution >= 4 is 115 Å². The van der Waals surface area contributed by atoms with Crippen molar-refractivity contribution in [1.29, 1.82) is 15.8 Å². The molecule has 1 unspecified atom stereocenters. The normalized spacial score (nSPS) is 20.8. The van der Waals surface area contributed by atoms with Crippen molar-refractivity contribution in [3.63, 3.8) is 0 Å². The molecule has 0 saturated carbocycles. The van der Waals surface area contributed by atoms with Crippen molar-refractivity contribution in [1.82, 2.24) is 59.6 Å². The molecule has 0 aliphatic carbocycles. The Morgan fingerprint density at radius 2 is 0.657 bits per heavy atom. The highest BCUT2D eigenvalue weighted by molar-refractivity contribution is 7.19. The topological polar surface area (TPSA) is 216 Å². The number of nitrogens with zero attached hydrogens (tertiary/aromatic N) is 15. The van der Waals surface area contributed by atoms with Gasteiger partial charge in [-0.2, -0.15) is 55.3 Å². The third-order valence-electron chi connectivity index (χ3n) is 23.1. The third-order valence-corrected chi connectivity index (χ3v) is 26.2. The first-order valence-corrected chi connectivity index (χ1v) is 38.5. The largest absolute Gasteiger partial charge is 0.393 e. The second-order valence-corrected chi connectivity index (χ2v) is 33.8. The van der Waals surface area contributed by atoms with E-state index < -0.39 is 37.8 Å². The Morgan fingerprint density at radius 1 is 0.380 bits per heavy atom. The summed E-state index contributed by atoms with van der Waals surface area (Å²) in [5.41, 5.74) is 12.6. The van der Waals surface area contributed by atoms with Crippen LogP contribution in [0.5, 0.6) is 0 Å². The minimum atomic E-state index is -4.23. The van der Waals surface area contributed by atoms with Gasteiger partial charge in [0.15, 0.2) is 0 Å². The van der Waals surface area contributed by atoms with Gasteiger partial charge in [0.1, 0.15) is 86.2 Å². The molecule has 18 rings (SSSR count). The van der Waals surface area contributed by atoms with Crippen molar-refractivity contribution in [2.24, 2.45) is 16.2 Å². The van der Waals surface area contributed by atoms with E-state index in [-0.39, 0.29) is 30.9 Å². The number of aryl methyl sites for hydroxylation is 3. The van der Waals surface area contributed by atoms with Crippen LogP contribution in [0, 0.1) is 71.0 Å². The number of rotatable bonds is 12. The smallest absolute Gasteiger partial charge is 0.355 e. The number of nitriles is 3. The standard InChI is InChI=1S/3C26H25F3N6S/c3*1-16-17(2-3-22-20(16)8-18(11-30)33-22)12-34-6-4-25(13-34)5-7-35(14-25)23-21-9-19(10-26(27,28)29)36-24(21)32-15-31-23/h3*2-3,8-9,15,33H,4-7,10,12-14H2,1H3/t2*25-;/m10./s1. The lowest BCUT2D eigenvalue weighted by atomic mass is 9.86. The van der Waals surface area contributed by atoms with Gasteiger partial charge < -0.3 is 29.7 Å². The molecule has 6 fully saturated rings. The summed E-state index contributed by atoms with van der Waals surface area (Å²) >= 11 is 3.30. The first kappa shape index (κ1) is 72.7. The minimum Gasteiger partial charge on any atom is -0.355 e. The highest BCUT2D eigenvalue weighted by Gasteiger charge is 2.48. The molecule has 0 bridgehead atoms. The summed E-state index contributed by atoms with van der Waals surface area (Å²) in [6.07, 6.45) is -4.72. The Balaban J connectivity index is 0.000000124. The molecule has 558 valence electrons. The fraction of sp³-hybridized carbons (Fsp3) is 0.423. The van der Waals surface area contributed by atoms with Crippen LogP contribution in [0.25, 0.3) is 63.4 Å². The summed E-state index contributed by atoms with van der Waals surface area (Å²) in [6.45, 7) is 20.0. The van der Waals surface area contributed by atoms with E-state index in [1.807, 2.05) is 18.2 Å². The molecule has 15 heterocycles. The fourth-order valence-corrected chi connectivity index (χ4v) is 20.8. The Morgan fingerprint density at radius 3 is 0.926 bits per heavy atom. The van der Waals surface area contributed by atoms with Gasteiger partial charge in [-0.3, -0.25) is 14.7 Å². The number of benzene rings is 3. The predicted molar refractivity (Wildman–Crippen MR) is 402 cm³/mol. The second kappa shape index (κ2) is 28.2. The molecule has 3 atom stereocenters. The zero-order valence-corrected chi connectivity index (χ0v) is 61.9. The van der Waals surface area contributed by atoms with E-state index in [0.717, 1.165) is 237 Å². The van der Waals surface area contributed by atoms with Gasteiger partial charge in [0.2, 0.25) is 0 Å². The van der Waals surface area contributed by atoms with Crippen LogP contribution in [0.1, 0.15) is 104 Å². The van der Waals surface area contributed by atoms with Crippen molar-refractivity contribution in [2.45, 2.75) is 117 Å². The van der Waals surface area contributed by atoms with E-state index in [1.54, 1.807) is 18.2 Å². The molecule has 108 heavy (non-hydrogen) atoms. The van der Waals surface area contributed by atoms with Gasteiger partial charge in [-0.25, -0.2) is 29.9 Å². The molecular formula is C78H75F9N18S3. The van der Waals surface area contributed by atoms with Gasteiger partial charge >= 0.3 is 18.5 Å². The second-order valence-electron chi connectivity index (χ2n) is 30.5. The van der Waals surface area contributed by atoms with Gasteiger partial charge in [0.25, 0.3) is 0 Å². The maximum absolute atomic E-state index is 12.9. The predicted octanol–water partition coefficient (Wildman–Crippen LogP) is 16.7. The van der Waals surface area contributed by atoms with Crippen LogP contribution in [0.3, 0.4) is 0 Å². The number of hydrogen-bond donors (Lipinski definition) is 3. The molecular weight excluding hydrogens is 1460 g/mol. The van der Waals surface area contributed by atoms with Gasteiger partial charge in [0, 0.05) is 142 Å². The van der Waals surface area contributed by atoms with Crippen LogP contribution in [-0.2, 0) is 38.9 Å². The minimum absolute atomic E-state index is 0.155. The summed E-state index contributed by atoms with van der Waals surface area (Å²) in [6, 6.07) is 29.7. The number of aromatic amines is 3. The maximum atomic E-state index is 12.9. The van der Waals surface area contributed by atoms with E-state index >= 15 is 0 Å². The molecule has 9 aromatic heterocycles. The molecule has 6 aliphatic heterocycles. The highest BCUT2D eigenvalue weighted by atomic mass is 32.1. The summed E-state index contributed by atoms with van der Waals surface area (Å²) in [5.74, 6) is 2.26. The zero-order chi connectivity index (χ0) is 75.2. The van der Waals surface area contributed by atoms with E-state index in [4.69, 9.17) is 0 Å². The molecule has 12 aromatic rings. The molecule has 3 N–H and O–H groups in total. The third kappa shape index (κ3) is 15.0. The average Bonchev–Trinajstić information content (AvgIpc) is 1.62. The number of halogens is 9. The average molecular weight is 1530 g/mol. The monoisotopic (exact) mass is 1530 g/mol. The number of hydrogen-bond acceptors (Lipinski definition) is 18. The lowest BCUT2D eigenvalue weighted by Gasteiger charge is -2.25. The highest BCUT2D eigenvalue weighted by Crippen LogP contribution is 2.48. The van der Waals surface area contributed by atoms with Gasteiger partial charge in [-0.15, -0.1) is 34.0 Å². The van der Waals surface area contributed by atoms with Gasteiger partial charge in [0.05, 0.1) is 35.4 Å². The van der Waals surface area contributed by atoms with Crippen LogP contribution < -0.4 is 14.7 Å². The quantitative estimate of drug-likeness (QED) is 0.0970. The van der Waals surface area contributed by atoms with Crippen molar-refractivity contribution in [3.8, 4) is 18.2 Å². The number of likely N-dealkylation sites (tertiary alicyclic amines) is 3. The molecule has 18 nitrogen and oxygen atoms in total. The van der Waals surface area contributed by atoms with E-state index in [1.165, 1.54) is 52.4 Å². The molecule has 30 heteroatoms. The fourth-order valence-electron chi connectivity index (χ4n) is 17.7. The number of anilines is 3. The van der Waals surface area contributed by atoms with Crippen molar-refractivity contribution < 1.29 is 39.5 Å². The molecule has 0 amide bonds. The SMILES string of the molecule is Cc1c(CN2CCC3(CCN(c4ncnc5sc(CC(F)(F)F)cc45)C3)C2)ccc2[nH]c(C#N)cc12.Cc1c(CN2CC[C@@]3(CCN(c4ncnc5sc(CC(F)(F)F)cc45)C3)C2)ccc2[nH]c(C#N)cc12.Cc1c(CN2CC[C@]3(CCN(c4ncnc5sc(CC(F)(F)F)cc45)C3)C2)ccc2[nH]c(C#N)cc12.